The van der Waals surface area contributed by atoms with E-state index in [0.29, 0.717) is 59.7 Å². The topological polar surface area (TPSA) is 650 Å². The number of nitrogens with two attached hydrogens (primary N) is 2. The number of benzene rings is 3. The molecule has 2 heterocycles. The van der Waals surface area contributed by atoms with Crippen LogP contribution < -0.4 is 91.2 Å². The standard InChI is InChI=1S/C98H144N18O23/c1-53(2)45-65-50-76(120)70(39-41-78(99)122)109-85(129)59(9)106-88(132)75(49-66-52-101-69-34-28-27-33-68(66)69)111-89(133)73(48-64-35-37-67(119)38-36-64)110-87(131)71(40-42-79(123)124)113-95(139)98(16,116-91(135)74(47-63-31-25-24-26-32-63)112-92(136)80(61(11)117)114-90(134)72(46-54(3)4)108-62(12)118)44-30-23-21-19-17-18-20-22-29-43-97(15,115-86(65)130)94(138)107-60(10)84(128)105-58(8)83(127)104-57(7)82(126)103-56(6)81(125)102-55(5)77(121)51-96(13,14)93(100)137/h18,20,24-28,31-38,52-61,65,70-75,80,101,117,119H,17,19,21-23,29-30,39-51H2,1-16H3,(H2,99,122)(H2,100,137)(H,102,125)(H,103,126)(H,104,127)(H,105,128)(H,106,132)(H,107,138)(H,108,118)(H,109,129)(H,110,131)(H,111,133)(H,112,136)(H,113,139)(H,114,134)(H,115,130)(H,116,135)(H,123,124)/b20-18+/t55-,56-,57-,58-,59-,60-,61+,65+,70-,71-,72-,73-,74-,75-,80-,97-,98+/m0/s1. The van der Waals surface area contributed by atoms with E-state index in [2.05, 4.69) is 84.7 Å². The molecule has 17 atom stereocenters. The molecule has 139 heavy (non-hydrogen) atoms. The van der Waals surface area contributed by atoms with Gasteiger partial charge >= 0.3 is 5.97 Å². The van der Waals surface area contributed by atoms with Crippen molar-refractivity contribution in [1.29, 1.82) is 0 Å². The van der Waals surface area contributed by atoms with Crippen LogP contribution in [0.4, 0.5) is 0 Å². The van der Waals surface area contributed by atoms with Crippen LogP contribution in [0, 0.1) is 23.2 Å². The van der Waals surface area contributed by atoms with Gasteiger partial charge in [0.05, 0.1) is 23.6 Å². The number of aliphatic carboxylic acids is 1. The molecular weight excluding hydrogens is 1800 g/mol. The summed E-state index contributed by atoms with van der Waals surface area (Å²) in [5.74, 6) is -19.9. The molecule has 41 heteroatoms. The molecule has 4 aromatic rings. The molecular formula is C98H144N18O23. The molecule has 5 rings (SSSR count). The minimum absolute atomic E-state index is 0.00579. The maximum absolute atomic E-state index is 15.6. The molecule has 0 fully saturated rings. The van der Waals surface area contributed by atoms with Gasteiger partial charge in [-0.15, -0.1) is 0 Å². The molecule has 1 aliphatic heterocycles. The Kier molecular flexibility index (Phi) is 46.1. The molecule has 0 spiro atoms. The average Bonchev–Trinajstić information content (AvgIpc) is 1.80. The normalized spacial score (nSPS) is 21.8. The first-order valence-electron chi connectivity index (χ1n) is 47.2. The lowest BCUT2D eigenvalue weighted by Gasteiger charge is -2.34. The van der Waals surface area contributed by atoms with Gasteiger partial charge in [-0.05, 0) is 173 Å². The van der Waals surface area contributed by atoms with E-state index in [1.807, 2.05) is 12.2 Å². The Morgan fingerprint density at radius 1 is 0.518 bits per heavy atom. The van der Waals surface area contributed by atoms with Crippen LogP contribution in [0.15, 0.2) is 97.2 Å². The van der Waals surface area contributed by atoms with Crippen LogP contribution >= 0.6 is 0 Å². The number of carbonyl (C=O) groups is 20. The molecule has 1 aliphatic rings. The lowest BCUT2D eigenvalue weighted by molar-refractivity contribution is -0.140. The smallest absolute Gasteiger partial charge is 0.303 e. The van der Waals surface area contributed by atoms with E-state index in [1.165, 1.54) is 107 Å². The summed E-state index contributed by atoms with van der Waals surface area (Å²) < 4.78 is 0. The average molecular weight is 1940 g/mol. The van der Waals surface area contributed by atoms with Crippen LogP contribution in [-0.2, 0) is 115 Å². The van der Waals surface area contributed by atoms with Gasteiger partial charge in [0.1, 0.15) is 83.3 Å². The second-order valence-electron chi connectivity index (χ2n) is 38.1. The van der Waals surface area contributed by atoms with Crippen molar-refractivity contribution in [2.75, 3.05) is 0 Å². The number of aromatic nitrogens is 1. The Balaban J connectivity index is 1.58. The fourth-order valence-electron chi connectivity index (χ4n) is 15.5. The summed E-state index contributed by atoms with van der Waals surface area (Å²) >= 11 is 0. The first-order valence-corrected chi connectivity index (χ1v) is 47.2. The van der Waals surface area contributed by atoms with Crippen LogP contribution in [-0.4, -0.2) is 234 Å². The third kappa shape index (κ3) is 38.8. The number of Topliss-reactive ketones (excluding diaryl/α,β-unsaturated/α-hetero) is 2. The second-order valence-corrected chi connectivity index (χ2v) is 38.1. The molecule has 0 saturated carbocycles. The van der Waals surface area contributed by atoms with Gasteiger partial charge in [-0.1, -0.05) is 134 Å². The minimum atomic E-state index is -2.08. The molecule has 1 aromatic heterocycles. The Hall–Kier alpha value is -13.5. The maximum Gasteiger partial charge on any atom is 0.303 e. The SMILES string of the molecule is CC(=O)N[C@@H](CC(C)C)C(=O)N[C@H](C(=O)N[C@@H](Cc1ccccc1)C(=O)N[C@]1(C)CCCCCC/C=C/CCC[C@@](C)(C(=O)N[C@@H](C)C(=O)N[C@@H](C)C(=O)N[C@@H](C)C(=O)N[C@@H](C)C(=O)N[C@@H](C)C(=O)CC(C)(C)C(N)=O)NC(=O)[C@H](CC(C)C)CC(=O)[C@H](CCC(N)=O)NC(=O)[C@H](C)NC(=O)[C@H](Cc2c[nH]c3ccccc23)NC(=O)[C@H](Cc2ccc(O)cc2)NC(=O)[C@H](CCC(=O)O)NC1=O)[C@@H](C)O. The number of carboxylic acid groups (broad SMARTS) is 1. The van der Waals surface area contributed by atoms with E-state index < -0.39 is 264 Å². The van der Waals surface area contributed by atoms with Crippen molar-refractivity contribution in [2.24, 2.45) is 34.6 Å². The van der Waals surface area contributed by atoms with Crippen molar-refractivity contribution >= 4 is 129 Å². The summed E-state index contributed by atoms with van der Waals surface area (Å²) in [5, 5.41) is 71.4. The zero-order chi connectivity index (χ0) is 104. The summed E-state index contributed by atoms with van der Waals surface area (Å²) in [4.78, 5) is 284. The highest BCUT2D eigenvalue weighted by Crippen LogP contribution is 2.27. The fraction of sp³-hybridized carbons (Fsp3) is 0.571. The maximum atomic E-state index is 15.6. The summed E-state index contributed by atoms with van der Waals surface area (Å²) in [6.07, 6.45) is 1.90. The number of aromatic hydroxyl groups is 1. The van der Waals surface area contributed by atoms with Gasteiger partial charge in [0.25, 0.3) is 0 Å². The van der Waals surface area contributed by atoms with E-state index in [-0.39, 0.29) is 75.4 Å². The third-order valence-corrected chi connectivity index (χ3v) is 24.0. The quantitative estimate of drug-likeness (QED) is 0.0285. The number of amides is 17. The van der Waals surface area contributed by atoms with Crippen LogP contribution in [0.3, 0.4) is 0 Å². The number of aliphatic hydroxyl groups is 1. The highest BCUT2D eigenvalue weighted by Gasteiger charge is 2.44. The van der Waals surface area contributed by atoms with E-state index in [9.17, 15) is 82.4 Å². The number of rotatable bonds is 38. The van der Waals surface area contributed by atoms with Crippen LogP contribution in [0.2, 0.25) is 0 Å². The molecule has 0 aliphatic carbocycles. The lowest BCUT2D eigenvalue weighted by atomic mass is 9.85. The van der Waals surface area contributed by atoms with Crippen LogP contribution in [0.5, 0.6) is 5.75 Å². The third-order valence-electron chi connectivity index (χ3n) is 24.0. The van der Waals surface area contributed by atoms with Crippen LogP contribution in [0.1, 0.15) is 237 Å². The molecule has 0 radical (unpaired) electrons. The number of phenolic OH excluding ortho intramolecular Hbond substituents is 1. The monoisotopic (exact) mass is 1940 g/mol. The molecule has 17 amide bonds. The molecule has 23 N–H and O–H groups in total. The number of carbonyl (C=O) groups excluding carboxylic acids is 19. The number of H-pyrrole nitrogens is 1. The van der Waals surface area contributed by atoms with Crippen molar-refractivity contribution in [1.82, 2.24) is 84.7 Å². The Bertz CT molecular complexity index is 5020. The molecule has 3 aromatic carbocycles. The number of hydrogen-bond donors (Lipinski definition) is 21. The molecule has 0 unspecified atom stereocenters. The van der Waals surface area contributed by atoms with Gasteiger partial charge in [0.2, 0.25) is 100 Å². The highest BCUT2D eigenvalue weighted by atomic mass is 16.4. The Labute approximate surface area is 810 Å². The largest absolute Gasteiger partial charge is 0.508 e. The number of ketones is 2. The number of phenols is 1. The molecule has 764 valence electrons. The number of aliphatic hydroxyl groups excluding tert-OH is 1. The summed E-state index contributed by atoms with van der Waals surface area (Å²) in [7, 11) is 0. The van der Waals surface area contributed by atoms with Gasteiger partial charge in [-0.25, -0.2) is 0 Å². The first kappa shape index (κ1) is 116. The zero-order valence-electron chi connectivity index (χ0n) is 82.4. The van der Waals surface area contributed by atoms with Crippen molar-refractivity contribution < 1.29 is 111 Å². The number of aromatic amines is 1. The summed E-state index contributed by atoms with van der Waals surface area (Å²) in [5.41, 5.74) is 7.76. The number of nitrogens with one attached hydrogen (secondary N) is 16. The van der Waals surface area contributed by atoms with Crippen molar-refractivity contribution in [3.63, 3.8) is 0 Å². The van der Waals surface area contributed by atoms with Gasteiger partial charge in [-0.2, -0.15) is 0 Å². The number of primary amides is 2. The number of carboxylic acids is 1. The van der Waals surface area contributed by atoms with E-state index >= 15 is 28.8 Å². The molecule has 41 nitrogen and oxygen atoms in total. The van der Waals surface area contributed by atoms with Gasteiger partial charge in [-0.3, -0.25) is 95.9 Å². The van der Waals surface area contributed by atoms with E-state index in [4.69, 9.17) is 11.5 Å². The number of allylic oxidation sites excluding steroid dienone is 2. The second kappa shape index (κ2) is 55.2. The first-order chi connectivity index (χ1) is 65.1. The predicted octanol–water partition coefficient (Wildman–Crippen LogP) is 1.82. The summed E-state index contributed by atoms with van der Waals surface area (Å²) in [6, 6.07) is 1.49. The van der Waals surface area contributed by atoms with Crippen molar-refractivity contribution in [3.8, 4) is 5.75 Å². The van der Waals surface area contributed by atoms with Gasteiger partial charge in [0, 0.05) is 74.9 Å². The lowest BCUT2D eigenvalue weighted by Crippen LogP contribution is -2.65. The predicted molar refractivity (Wildman–Crippen MR) is 514 cm³/mol. The zero-order valence-corrected chi connectivity index (χ0v) is 82.4. The molecule has 0 bridgehead atoms. The van der Waals surface area contributed by atoms with E-state index in [1.54, 1.807) is 88.5 Å². The van der Waals surface area contributed by atoms with Gasteiger partial charge < -0.3 is 112 Å². The Morgan fingerprint density at radius 2 is 1.05 bits per heavy atom. The number of hydrogen-bond acceptors (Lipinski definition) is 22. The minimum Gasteiger partial charge on any atom is -0.508 e. The number of para-hydroxylation sites is 1. The fourth-order valence-corrected chi connectivity index (χ4v) is 15.5. The van der Waals surface area contributed by atoms with Crippen molar-refractivity contribution in [2.45, 2.75) is 335 Å². The molecule has 0 saturated heterocycles. The van der Waals surface area contributed by atoms with E-state index in [0.717, 1.165) is 0 Å². The van der Waals surface area contributed by atoms with Crippen molar-refractivity contribution in [3.05, 3.63) is 114 Å². The number of fused-ring (bicyclic) bond motifs is 1. The van der Waals surface area contributed by atoms with Gasteiger partial charge in [0.15, 0.2) is 11.6 Å². The highest BCUT2D eigenvalue weighted by molar-refractivity contribution is 6.03. The summed E-state index contributed by atoms with van der Waals surface area (Å²) in [6.45, 7) is 23.1. The Morgan fingerprint density at radius 3 is 1.61 bits per heavy atom. The van der Waals surface area contributed by atoms with Crippen LogP contribution in [0.25, 0.3) is 10.9 Å².